The lowest BCUT2D eigenvalue weighted by Crippen LogP contribution is -2.55. The van der Waals surface area contributed by atoms with E-state index < -0.39 is 6.10 Å². The normalized spacial score (nSPS) is 27.6. The van der Waals surface area contributed by atoms with Gasteiger partial charge in [0.1, 0.15) is 0 Å². The summed E-state index contributed by atoms with van der Waals surface area (Å²) in [5.74, 6) is -0.163. The molecular weight excluding hydrogens is 344 g/mol. The Morgan fingerprint density at radius 1 is 1.26 bits per heavy atom. The Hall–Kier alpha value is -1.70. The molecule has 3 rings (SSSR count). The molecule has 1 aliphatic carbocycles. The van der Waals surface area contributed by atoms with Gasteiger partial charge in [-0.1, -0.05) is 12.8 Å². The molecule has 1 saturated carbocycles. The van der Waals surface area contributed by atoms with E-state index in [1.165, 1.54) is 0 Å². The first-order chi connectivity index (χ1) is 13.0. The van der Waals surface area contributed by atoms with Gasteiger partial charge in [-0.3, -0.25) is 14.4 Å². The van der Waals surface area contributed by atoms with Gasteiger partial charge in [-0.15, -0.1) is 0 Å². The molecule has 1 aliphatic heterocycles. The van der Waals surface area contributed by atoms with Gasteiger partial charge in [0.25, 0.3) is 0 Å². The fourth-order valence-corrected chi connectivity index (χ4v) is 4.21. The number of aliphatic hydroxyl groups is 1. The Bertz CT molecular complexity index is 679. The van der Waals surface area contributed by atoms with E-state index in [9.17, 15) is 9.90 Å². The van der Waals surface area contributed by atoms with Gasteiger partial charge in [0, 0.05) is 43.5 Å². The summed E-state index contributed by atoms with van der Waals surface area (Å²) in [5, 5.41) is 18.4. The van der Waals surface area contributed by atoms with Crippen LogP contribution in [0.5, 0.6) is 0 Å². The Morgan fingerprint density at radius 3 is 2.63 bits per heavy atom. The number of aliphatic hydroxyl groups excluding tert-OH is 1. The van der Waals surface area contributed by atoms with E-state index in [4.69, 9.17) is 4.74 Å². The zero-order chi connectivity index (χ0) is 19.4. The van der Waals surface area contributed by atoms with Crippen LogP contribution in [0.25, 0.3) is 6.08 Å². The Balaban J connectivity index is 1.64. The largest absolute Gasteiger partial charge is 0.389 e. The van der Waals surface area contributed by atoms with Crippen molar-refractivity contribution in [2.24, 2.45) is 7.05 Å². The first-order valence-electron chi connectivity index (χ1n) is 9.96. The van der Waals surface area contributed by atoms with Crippen LogP contribution in [0, 0.1) is 13.8 Å². The van der Waals surface area contributed by atoms with Crippen LogP contribution in [0.1, 0.15) is 42.6 Å². The zero-order valence-electron chi connectivity index (χ0n) is 16.6. The number of rotatable bonds is 4. The van der Waals surface area contributed by atoms with Crippen LogP contribution in [0.3, 0.4) is 0 Å². The number of carbonyl (C=O) groups is 1. The summed E-state index contributed by atoms with van der Waals surface area (Å²) in [6.45, 7) is 7.05. The van der Waals surface area contributed by atoms with Crippen LogP contribution in [-0.4, -0.2) is 70.2 Å². The predicted molar refractivity (Wildman–Crippen MR) is 104 cm³/mol. The molecule has 0 bridgehead atoms. The van der Waals surface area contributed by atoms with Gasteiger partial charge < -0.3 is 15.2 Å². The van der Waals surface area contributed by atoms with Crippen molar-refractivity contribution >= 4 is 12.0 Å². The second-order valence-electron chi connectivity index (χ2n) is 7.65. The average molecular weight is 377 g/mol. The van der Waals surface area contributed by atoms with Crippen LogP contribution in [0.4, 0.5) is 0 Å². The van der Waals surface area contributed by atoms with Gasteiger partial charge in [0.05, 0.1) is 31.1 Å². The maximum Gasteiger partial charge on any atom is 0.244 e. The van der Waals surface area contributed by atoms with Gasteiger partial charge in [-0.05, 0) is 32.8 Å². The summed E-state index contributed by atoms with van der Waals surface area (Å²) < 4.78 is 7.25. The molecule has 2 heterocycles. The van der Waals surface area contributed by atoms with E-state index in [1.807, 2.05) is 31.7 Å². The number of morpholine rings is 1. The van der Waals surface area contributed by atoms with Gasteiger partial charge in [-0.2, -0.15) is 5.10 Å². The summed E-state index contributed by atoms with van der Waals surface area (Å²) in [6, 6.07) is -0.123. The van der Waals surface area contributed by atoms with Crippen LogP contribution in [0.15, 0.2) is 6.08 Å². The van der Waals surface area contributed by atoms with Gasteiger partial charge in [0.2, 0.25) is 5.91 Å². The monoisotopic (exact) mass is 376 g/mol. The summed E-state index contributed by atoms with van der Waals surface area (Å²) in [6.07, 6.45) is 6.70. The lowest BCUT2D eigenvalue weighted by molar-refractivity contribution is -0.118. The lowest BCUT2D eigenvalue weighted by atomic mass is 9.99. The number of ether oxygens (including phenoxy) is 1. The smallest absolute Gasteiger partial charge is 0.244 e. The Kier molecular flexibility index (Phi) is 6.68. The molecule has 0 radical (unpaired) electrons. The third kappa shape index (κ3) is 4.78. The number of aromatic nitrogens is 2. The van der Waals surface area contributed by atoms with E-state index in [0.29, 0.717) is 13.2 Å². The van der Waals surface area contributed by atoms with Crippen molar-refractivity contribution < 1.29 is 14.6 Å². The maximum absolute atomic E-state index is 12.5. The molecule has 0 unspecified atom stereocenters. The fourth-order valence-electron chi connectivity index (χ4n) is 4.21. The Morgan fingerprint density at radius 2 is 1.96 bits per heavy atom. The molecule has 150 valence electrons. The van der Waals surface area contributed by atoms with Crippen molar-refractivity contribution in [2.45, 2.75) is 57.7 Å². The van der Waals surface area contributed by atoms with Gasteiger partial charge in [-0.25, -0.2) is 0 Å². The molecule has 2 N–H and O–H groups in total. The highest BCUT2D eigenvalue weighted by molar-refractivity contribution is 5.92. The molecule has 0 spiro atoms. The molecular formula is C20H32N4O3. The highest BCUT2D eigenvalue weighted by Crippen LogP contribution is 2.24. The van der Waals surface area contributed by atoms with Crippen LogP contribution in [0.2, 0.25) is 0 Å². The highest BCUT2D eigenvalue weighted by Gasteiger charge is 2.34. The second-order valence-corrected chi connectivity index (χ2v) is 7.65. The average Bonchev–Trinajstić information content (AvgIpc) is 2.80. The van der Waals surface area contributed by atoms with Gasteiger partial charge >= 0.3 is 0 Å². The molecule has 0 aromatic carbocycles. The predicted octanol–water partition coefficient (Wildman–Crippen LogP) is 1.17. The topological polar surface area (TPSA) is 79.6 Å². The molecule has 2 fully saturated rings. The standard InChI is InChI=1S/C20H32N4O3/c1-14-16(15(2)23(3)22-14)8-9-19(25)21-17-6-4-5-7-18(20(17)26)24-10-12-27-13-11-24/h8-9,17-18,20,26H,4-7,10-13H2,1-3H3,(H,21,25)/b9-8+/t17-,18-,20-/m1/s1. The highest BCUT2D eigenvalue weighted by atomic mass is 16.5. The maximum atomic E-state index is 12.5. The number of aryl methyl sites for hydroxylation is 2. The first-order valence-corrected chi connectivity index (χ1v) is 9.96. The summed E-state index contributed by atoms with van der Waals surface area (Å²) in [4.78, 5) is 14.8. The van der Waals surface area contributed by atoms with Crippen molar-refractivity contribution in [1.29, 1.82) is 0 Å². The van der Waals surface area contributed by atoms with Crippen molar-refractivity contribution in [2.75, 3.05) is 26.3 Å². The van der Waals surface area contributed by atoms with Crippen molar-refractivity contribution in [3.63, 3.8) is 0 Å². The van der Waals surface area contributed by atoms with E-state index in [2.05, 4.69) is 15.3 Å². The fraction of sp³-hybridized carbons (Fsp3) is 0.700. The molecule has 2 aliphatic rings. The number of hydrogen-bond acceptors (Lipinski definition) is 5. The molecule has 1 amide bonds. The van der Waals surface area contributed by atoms with Crippen molar-refractivity contribution in [1.82, 2.24) is 20.0 Å². The molecule has 27 heavy (non-hydrogen) atoms. The number of amides is 1. The number of nitrogens with zero attached hydrogens (tertiary/aromatic N) is 3. The SMILES string of the molecule is Cc1nn(C)c(C)c1/C=C/C(=O)N[C@@H]1CCCC[C@@H](N2CCOCC2)[C@@H]1O. The third-order valence-electron chi connectivity index (χ3n) is 5.88. The molecule has 1 saturated heterocycles. The van der Waals surface area contributed by atoms with Crippen LogP contribution in [-0.2, 0) is 16.6 Å². The molecule has 1 aromatic rings. The van der Waals surface area contributed by atoms with Crippen LogP contribution < -0.4 is 5.32 Å². The summed E-state index contributed by atoms with van der Waals surface area (Å²) in [7, 11) is 1.90. The molecule has 3 atom stereocenters. The van der Waals surface area contributed by atoms with E-state index in [-0.39, 0.29) is 18.0 Å². The minimum atomic E-state index is -0.551. The van der Waals surface area contributed by atoms with Crippen molar-refractivity contribution in [3.05, 3.63) is 23.0 Å². The zero-order valence-corrected chi connectivity index (χ0v) is 16.6. The Labute approximate surface area is 161 Å². The van der Waals surface area contributed by atoms with E-state index >= 15 is 0 Å². The van der Waals surface area contributed by atoms with E-state index in [1.54, 1.807) is 6.08 Å². The second kappa shape index (κ2) is 8.99. The number of nitrogens with one attached hydrogen (secondary N) is 1. The molecule has 1 aromatic heterocycles. The molecule has 7 nitrogen and oxygen atoms in total. The quantitative estimate of drug-likeness (QED) is 0.609. The summed E-state index contributed by atoms with van der Waals surface area (Å²) >= 11 is 0. The summed E-state index contributed by atoms with van der Waals surface area (Å²) in [5.41, 5.74) is 2.90. The molecule has 7 heteroatoms. The van der Waals surface area contributed by atoms with Crippen LogP contribution >= 0.6 is 0 Å². The minimum absolute atomic E-state index is 0.0912. The number of carbonyl (C=O) groups excluding carboxylic acids is 1. The van der Waals surface area contributed by atoms with E-state index in [0.717, 1.165) is 55.7 Å². The third-order valence-corrected chi connectivity index (χ3v) is 5.88. The van der Waals surface area contributed by atoms with Crippen molar-refractivity contribution in [3.8, 4) is 0 Å². The minimum Gasteiger partial charge on any atom is -0.389 e. The lowest BCUT2D eigenvalue weighted by Gasteiger charge is -2.38. The first kappa shape index (κ1) is 20.0. The number of hydrogen-bond donors (Lipinski definition) is 2. The van der Waals surface area contributed by atoms with Gasteiger partial charge in [0.15, 0.2) is 0 Å².